The van der Waals surface area contributed by atoms with Crippen molar-refractivity contribution < 1.29 is 14.3 Å². The number of carboxylic acids is 1. The number of hydrogen-bond acceptors (Lipinski definition) is 3. The molecule has 2 heterocycles. The van der Waals surface area contributed by atoms with E-state index in [-0.39, 0.29) is 5.69 Å². The number of rotatable bonds is 3. The Morgan fingerprint density at radius 2 is 2.31 bits per heavy atom. The van der Waals surface area contributed by atoms with Gasteiger partial charge in [0.2, 0.25) is 0 Å². The quantitative estimate of drug-likeness (QED) is 0.851. The van der Waals surface area contributed by atoms with Crippen LogP contribution in [0.5, 0.6) is 0 Å². The Hall–Kier alpha value is -2.24. The van der Waals surface area contributed by atoms with Gasteiger partial charge in [-0.1, -0.05) is 0 Å². The molecule has 0 aliphatic heterocycles. The average Bonchev–Trinajstić information content (AvgIpc) is 2.78. The Bertz CT molecular complexity index is 524. The summed E-state index contributed by atoms with van der Waals surface area (Å²) in [5, 5.41) is 8.69. The lowest BCUT2D eigenvalue weighted by molar-refractivity contribution is 0.0691. The smallest absolute Gasteiger partial charge is 0.356 e. The maximum Gasteiger partial charge on any atom is 0.356 e. The minimum Gasteiger partial charge on any atom is -0.476 e. The van der Waals surface area contributed by atoms with Crippen molar-refractivity contribution in [2.75, 3.05) is 0 Å². The summed E-state index contributed by atoms with van der Waals surface area (Å²) in [6.45, 7) is -0.587. The number of carbonyl (C=O) groups is 1. The molecular formula is C10H8FN3O2. The number of aromatic nitrogens is 3. The molecule has 0 aliphatic rings. The van der Waals surface area contributed by atoms with Crippen LogP contribution in [0.1, 0.15) is 16.1 Å². The first-order valence-electron chi connectivity index (χ1n) is 4.49. The SMILES string of the molecule is O=C(O)c1cn(-c2cc(CF)ccn2)cn1. The van der Waals surface area contributed by atoms with Gasteiger partial charge in [-0.2, -0.15) is 0 Å². The predicted molar refractivity (Wildman–Crippen MR) is 53.1 cm³/mol. The molecule has 2 rings (SSSR count). The molecule has 82 valence electrons. The van der Waals surface area contributed by atoms with E-state index in [4.69, 9.17) is 5.11 Å². The van der Waals surface area contributed by atoms with Gasteiger partial charge in [-0.3, -0.25) is 4.57 Å². The lowest BCUT2D eigenvalue weighted by Gasteiger charge is -2.01. The van der Waals surface area contributed by atoms with Crippen LogP contribution in [-0.2, 0) is 6.67 Å². The monoisotopic (exact) mass is 221 g/mol. The number of pyridine rings is 1. The molecule has 0 radical (unpaired) electrons. The van der Waals surface area contributed by atoms with Crippen LogP contribution in [0.4, 0.5) is 4.39 Å². The van der Waals surface area contributed by atoms with Crippen LogP contribution >= 0.6 is 0 Å². The lowest BCUT2D eigenvalue weighted by atomic mass is 10.3. The number of nitrogens with zero attached hydrogens (tertiary/aromatic N) is 3. The standard InChI is InChI=1S/C10H8FN3O2/c11-4-7-1-2-12-9(3-7)14-5-8(10(15)16)13-6-14/h1-3,5-6H,4H2,(H,15,16). The van der Waals surface area contributed by atoms with Gasteiger partial charge in [0.25, 0.3) is 0 Å². The number of carboxylic acid groups (broad SMARTS) is 1. The van der Waals surface area contributed by atoms with Crippen molar-refractivity contribution in [2.45, 2.75) is 6.67 Å². The van der Waals surface area contributed by atoms with Crippen molar-refractivity contribution in [1.29, 1.82) is 0 Å². The molecule has 0 saturated carbocycles. The predicted octanol–water partition coefficient (Wildman–Crippen LogP) is 1.43. The fourth-order valence-electron chi connectivity index (χ4n) is 1.24. The number of imidazole rings is 1. The first kappa shape index (κ1) is 10.3. The molecule has 5 nitrogen and oxygen atoms in total. The van der Waals surface area contributed by atoms with E-state index in [9.17, 15) is 9.18 Å². The molecule has 0 spiro atoms. The van der Waals surface area contributed by atoms with Crippen LogP contribution in [0, 0.1) is 0 Å². The van der Waals surface area contributed by atoms with Gasteiger partial charge in [0.05, 0.1) is 0 Å². The Balaban J connectivity index is 2.38. The van der Waals surface area contributed by atoms with Crippen LogP contribution in [0.15, 0.2) is 30.9 Å². The topological polar surface area (TPSA) is 68.0 Å². The van der Waals surface area contributed by atoms with Crippen LogP contribution in [0.3, 0.4) is 0 Å². The molecule has 6 heteroatoms. The summed E-state index contributed by atoms with van der Waals surface area (Å²) < 4.78 is 13.8. The van der Waals surface area contributed by atoms with Gasteiger partial charge in [0.15, 0.2) is 5.69 Å². The number of aromatic carboxylic acids is 1. The highest BCUT2D eigenvalue weighted by Crippen LogP contribution is 2.09. The molecule has 0 amide bonds. The van der Waals surface area contributed by atoms with Gasteiger partial charge < -0.3 is 5.11 Å². The molecule has 2 aromatic rings. The van der Waals surface area contributed by atoms with Crippen molar-refractivity contribution in [2.24, 2.45) is 0 Å². The molecule has 0 fully saturated rings. The highest BCUT2D eigenvalue weighted by Gasteiger charge is 2.08. The molecule has 2 aromatic heterocycles. The molecule has 0 unspecified atom stereocenters. The summed E-state index contributed by atoms with van der Waals surface area (Å²) >= 11 is 0. The fraction of sp³-hybridized carbons (Fsp3) is 0.100. The van der Waals surface area contributed by atoms with Crippen molar-refractivity contribution in [3.63, 3.8) is 0 Å². The van der Waals surface area contributed by atoms with E-state index in [0.717, 1.165) is 0 Å². The van der Waals surface area contributed by atoms with Crippen LogP contribution in [0.25, 0.3) is 5.82 Å². The first-order valence-corrected chi connectivity index (χ1v) is 4.49. The number of hydrogen-bond donors (Lipinski definition) is 1. The average molecular weight is 221 g/mol. The fourth-order valence-corrected chi connectivity index (χ4v) is 1.24. The summed E-state index contributed by atoms with van der Waals surface area (Å²) in [6.07, 6.45) is 4.12. The van der Waals surface area contributed by atoms with Crippen molar-refractivity contribution in [1.82, 2.24) is 14.5 Å². The third-order valence-electron chi connectivity index (χ3n) is 2.03. The zero-order valence-corrected chi connectivity index (χ0v) is 8.17. The maximum absolute atomic E-state index is 12.4. The van der Waals surface area contributed by atoms with Crippen molar-refractivity contribution in [3.8, 4) is 5.82 Å². The number of halogens is 1. The van der Waals surface area contributed by atoms with Crippen LogP contribution in [-0.4, -0.2) is 25.6 Å². The van der Waals surface area contributed by atoms with E-state index in [1.807, 2.05) is 0 Å². The van der Waals surface area contributed by atoms with E-state index < -0.39 is 12.6 Å². The second kappa shape index (κ2) is 4.09. The number of alkyl halides is 1. The minimum atomic E-state index is -1.11. The molecule has 0 aliphatic carbocycles. The molecule has 0 saturated heterocycles. The zero-order valence-electron chi connectivity index (χ0n) is 8.17. The molecule has 16 heavy (non-hydrogen) atoms. The van der Waals surface area contributed by atoms with Gasteiger partial charge in [-0.25, -0.2) is 19.2 Å². The maximum atomic E-state index is 12.4. The van der Waals surface area contributed by atoms with Gasteiger partial charge in [-0.15, -0.1) is 0 Å². The molecule has 0 aromatic carbocycles. The summed E-state index contributed by atoms with van der Waals surface area (Å²) in [6, 6.07) is 3.09. The molecule has 1 N–H and O–H groups in total. The summed E-state index contributed by atoms with van der Waals surface area (Å²) in [7, 11) is 0. The largest absolute Gasteiger partial charge is 0.476 e. The summed E-state index contributed by atoms with van der Waals surface area (Å²) in [4.78, 5) is 18.3. The lowest BCUT2D eigenvalue weighted by Crippen LogP contribution is -1.97. The van der Waals surface area contributed by atoms with Gasteiger partial charge >= 0.3 is 5.97 Å². The van der Waals surface area contributed by atoms with E-state index in [2.05, 4.69) is 9.97 Å². The second-order valence-corrected chi connectivity index (χ2v) is 3.13. The Kier molecular flexibility index (Phi) is 2.63. The van der Waals surface area contributed by atoms with Crippen LogP contribution < -0.4 is 0 Å². The normalized spacial score (nSPS) is 10.3. The van der Waals surface area contributed by atoms with E-state index in [0.29, 0.717) is 11.4 Å². The van der Waals surface area contributed by atoms with E-state index >= 15 is 0 Å². The minimum absolute atomic E-state index is 0.0764. The van der Waals surface area contributed by atoms with Gasteiger partial charge in [-0.05, 0) is 17.7 Å². The first-order chi connectivity index (χ1) is 7.70. The highest BCUT2D eigenvalue weighted by molar-refractivity contribution is 5.85. The Morgan fingerprint density at radius 3 is 2.94 bits per heavy atom. The van der Waals surface area contributed by atoms with Crippen molar-refractivity contribution >= 4 is 5.97 Å². The Labute approximate surface area is 90.2 Å². The van der Waals surface area contributed by atoms with Gasteiger partial charge in [0, 0.05) is 12.4 Å². The summed E-state index contributed by atoms with van der Waals surface area (Å²) in [5.74, 6) is -0.671. The molecule has 0 bridgehead atoms. The van der Waals surface area contributed by atoms with Gasteiger partial charge in [0.1, 0.15) is 18.8 Å². The molecular weight excluding hydrogens is 213 g/mol. The third kappa shape index (κ3) is 1.90. The third-order valence-corrected chi connectivity index (χ3v) is 2.03. The molecule has 0 atom stereocenters. The van der Waals surface area contributed by atoms with Crippen LogP contribution in [0.2, 0.25) is 0 Å². The summed E-state index contributed by atoms with van der Waals surface area (Å²) in [5.41, 5.74) is 0.406. The Morgan fingerprint density at radius 1 is 1.50 bits per heavy atom. The second-order valence-electron chi connectivity index (χ2n) is 3.13. The zero-order chi connectivity index (χ0) is 11.5. The van der Waals surface area contributed by atoms with Crippen molar-refractivity contribution in [3.05, 3.63) is 42.1 Å². The highest BCUT2D eigenvalue weighted by atomic mass is 19.1. The van der Waals surface area contributed by atoms with E-state index in [1.165, 1.54) is 29.4 Å². The van der Waals surface area contributed by atoms with E-state index in [1.54, 1.807) is 6.07 Å².